The number of hydrogen-bond donors (Lipinski definition) is 0. The summed E-state index contributed by atoms with van der Waals surface area (Å²) in [5.41, 5.74) is 2.00. The minimum Gasteiger partial charge on any atom is -0.0651 e. The molecular weight excluding hydrogens is 264 g/mol. The van der Waals surface area contributed by atoms with E-state index in [2.05, 4.69) is 41.5 Å². The van der Waals surface area contributed by atoms with E-state index in [4.69, 9.17) is 0 Å². The van der Waals surface area contributed by atoms with Crippen LogP contribution in [-0.2, 0) is 0 Å². The van der Waals surface area contributed by atoms with Crippen molar-refractivity contribution in [2.75, 3.05) is 0 Å². The first kappa shape index (κ1) is 14.4. The van der Waals surface area contributed by atoms with Crippen molar-refractivity contribution in [3.05, 3.63) is 0 Å². The first-order valence-electron chi connectivity index (χ1n) is 10.3. The Labute approximate surface area is 137 Å². The Hall–Kier alpha value is 0. The van der Waals surface area contributed by atoms with E-state index in [0.29, 0.717) is 10.8 Å². The minimum atomic E-state index is 0.548. The third-order valence-corrected chi connectivity index (χ3v) is 10.7. The molecule has 0 saturated heterocycles. The highest BCUT2D eigenvalue weighted by Crippen LogP contribution is 2.90. The highest BCUT2D eigenvalue weighted by atomic mass is 14.9. The predicted molar refractivity (Wildman–Crippen MR) is 92.3 cm³/mol. The Balaban J connectivity index is 1.66. The lowest BCUT2D eigenvalue weighted by molar-refractivity contribution is -0.267. The molecule has 22 heavy (non-hydrogen) atoms. The van der Waals surface area contributed by atoms with Gasteiger partial charge in [-0.1, -0.05) is 54.4 Å². The molecule has 0 radical (unpaired) electrons. The van der Waals surface area contributed by atoms with E-state index in [9.17, 15) is 0 Å². The Morgan fingerprint density at radius 1 is 0.864 bits per heavy atom. The van der Waals surface area contributed by atoms with Gasteiger partial charge in [-0.2, -0.15) is 0 Å². The summed E-state index contributed by atoms with van der Waals surface area (Å²) in [5.74, 6) is 8.78. The van der Waals surface area contributed by atoms with Crippen molar-refractivity contribution in [2.45, 2.75) is 73.6 Å². The lowest BCUT2D eigenvalue weighted by atomic mass is 9.30. The Morgan fingerprint density at radius 3 is 1.95 bits per heavy atom. The van der Waals surface area contributed by atoms with Crippen LogP contribution in [0.5, 0.6) is 0 Å². The van der Waals surface area contributed by atoms with Crippen LogP contribution in [0.4, 0.5) is 0 Å². The highest BCUT2D eigenvalue weighted by molar-refractivity contribution is 5.32. The maximum absolute atomic E-state index is 2.78. The fourth-order valence-electron chi connectivity index (χ4n) is 9.95. The molecule has 0 spiro atoms. The van der Waals surface area contributed by atoms with Crippen molar-refractivity contribution in [1.82, 2.24) is 0 Å². The summed E-state index contributed by atoms with van der Waals surface area (Å²) in [6, 6.07) is 0. The van der Waals surface area contributed by atoms with Crippen LogP contribution in [0.1, 0.15) is 73.6 Å². The largest absolute Gasteiger partial charge is 0.0651 e. The van der Waals surface area contributed by atoms with E-state index in [1.54, 1.807) is 12.8 Å². The molecule has 0 aromatic carbocycles. The van der Waals surface area contributed by atoms with Crippen molar-refractivity contribution >= 4 is 0 Å². The topological polar surface area (TPSA) is 0 Å². The Kier molecular flexibility index (Phi) is 2.48. The van der Waals surface area contributed by atoms with Crippen LogP contribution >= 0.6 is 0 Å². The predicted octanol–water partition coefficient (Wildman–Crippen LogP) is 6.01. The highest BCUT2D eigenvalue weighted by Gasteiger charge is 2.84. The van der Waals surface area contributed by atoms with Crippen LogP contribution in [0.3, 0.4) is 0 Å². The third-order valence-electron chi connectivity index (χ3n) is 10.7. The second kappa shape index (κ2) is 3.80. The van der Waals surface area contributed by atoms with Gasteiger partial charge in [0.2, 0.25) is 0 Å². The van der Waals surface area contributed by atoms with Crippen LogP contribution in [0.15, 0.2) is 0 Å². The van der Waals surface area contributed by atoms with Gasteiger partial charge >= 0.3 is 0 Å². The summed E-state index contributed by atoms with van der Waals surface area (Å²) in [6.45, 7) is 15.6. The monoisotopic (exact) mass is 300 g/mol. The molecule has 8 bridgehead atoms. The van der Waals surface area contributed by atoms with Gasteiger partial charge in [0.15, 0.2) is 0 Å². The van der Waals surface area contributed by atoms with Crippen LogP contribution in [0.25, 0.3) is 0 Å². The van der Waals surface area contributed by atoms with E-state index in [1.807, 2.05) is 0 Å². The maximum atomic E-state index is 2.78. The van der Waals surface area contributed by atoms with Gasteiger partial charge in [-0.3, -0.25) is 0 Å². The van der Waals surface area contributed by atoms with Crippen molar-refractivity contribution in [1.29, 1.82) is 0 Å². The molecule has 0 heteroatoms. The van der Waals surface area contributed by atoms with Gasteiger partial charge in [0, 0.05) is 0 Å². The number of hydrogen-bond acceptors (Lipinski definition) is 0. The fraction of sp³-hybridized carbons (Fsp3) is 1.00. The van der Waals surface area contributed by atoms with Crippen molar-refractivity contribution < 1.29 is 0 Å². The molecule has 8 rings (SSSR count). The van der Waals surface area contributed by atoms with Crippen LogP contribution in [0, 0.1) is 63.6 Å². The normalized spacial score (nSPS) is 63.5. The molecule has 8 fully saturated rings. The van der Waals surface area contributed by atoms with Gasteiger partial charge in [0.05, 0.1) is 0 Å². The van der Waals surface area contributed by atoms with E-state index in [-0.39, 0.29) is 0 Å². The second-order valence-electron chi connectivity index (χ2n) is 11.1. The van der Waals surface area contributed by atoms with Crippen molar-refractivity contribution in [3.8, 4) is 0 Å². The smallest absolute Gasteiger partial charge is 0.0227 e. The van der Waals surface area contributed by atoms with Gasteiger partial charge in [-0.15, -0.1) is 0 Å². The summed E-state index contributed by atoms with van der Waals surface area (Å²) in [5, 5.41) is 0. The minimum absolute atomic E-state index is 0.548. The molecule has 0 heterocycles. The van der Waals surface area contributed by atoms with E-state index in [0.717, 1.165) is 52.8 Å². The van der Waals surface area contributed by atoms with Gasteiger partial charge in [0.25, 0.3) is 0 Å². The van der Waals surface area contributed by atoms with E-state index in [1.165, 1.54) is 19.3 Å². The molecule has 8 saturated carbocycles. The summed E-state index contributed by atoms with van der Waals surface area (Å²) >= 11 is 0. The third kappa shape index (κ3) is 1.19. The lowest BCUT2D eigenvalue weighted by Gasteiger charge is -2.74. The molecule has 8 aliphatic carbocycles. The van der Waals surface area contributed by atoms with Gasteiger partial charge in [-0.25, -0.2) is 0 Å². The average molecular weight is 301 g/mol. The number of rotatable bonds is 4. The van der Waals surface area contributed by atoms with E-state index >= 15 is 0 Å². The van der Waals surface area contributed by atoms with Gasteiger partial charge in [0.1, 0.15) is 0 Å². The first-order chi connectivity index (χ1) is 10.3. The summed E-state index contributed by atoms with van der Waals surface area (Å²) < 4.78 is 0. The molecule has 0 aromatic heterocycles. The summed E-state index contributed by atoms with van der Waals surface area (Å²) in [6.07, 6.45) is 7.57. The quantitative estimate of drug-likeness (QED) is 0.596. The zero-order valence-electron chi connectivity index (χ0n) is 15.7. The molecule has 0 aromatic rings. The molecule has 124 valence electrons. The molecular formula is C22H36. The molecule has 10 unspecified atom stereocenters. The lowest BCUT2D eigenvalue weighted by Crippen LogP contribution is -2.69. The average Bonchev–Trinajstić information content (AvgIpc) is 2.77. The van der Waals surface area contributed by atoms with Gasteiger partial charge in [-0.05, 0) is 82.9 Å². The fourth-order valence-corrected chi connectivity index (χ4v) is 9.95. The maximum Gasteiger partial charge on any atom is -0.0227 e. The Morgan fingerprint density at radius 2 is 1.41 bits per heavy atom. The standard InChI is InChI=1S/C22H36/c1-7-14-18-12-9-15-16-10-13(12)19(22(16,18)6)17(21(14,15)5)11-20(3,4)8-2/h12-19H,7-11H2,1-6H3. The van der Waals surface area contributed by atoms with Crippen molar-refractivity contribution in [3.63, 3.8) is 0 Å². The van der Waals surface area contributed by atoms with Crippen LogP contribution < -0.4 is 0 Å². The summed E-state index contributed by atoms with van der Waals surface area (Å²) in [7, 11) is 0. The summed E-state index contributed by atoms with van der Waals surface area (Å²) in [4.78, 5) is 0. The molecule has 8 aliphatic rings. The first-order valence-corrected chi connectivity index (χ1v) is 10.3. The van der Waals surface area contributed by atoms with E-state index < -0.39 is 0 Å². The molecule has 0 N–H and O–H groups in total. The molecule has 0 amide bonds. The zero-order valence-corrected chi connectivity index (χ0v) is 15.7. The second-order valence-corrected chi connectivity index (χ2v) is 11.1. The SMILES string of the molecule is CCC1C2C3CC4C5CC3C(C(CC(C)(C)CC)C41C)C52C. The van der Waals surface area contributed by atoms with Crippen LogP contribution in [0.2, 0.25) is 0 Å². The molecule has 10 atom stereocenters. The Bertz CT molecular complexity index is 514. The molecule has 0 nitrogen and oxygen atoms in total. The van der Waals surface area contributed by atoms with Crippen molar-refractivity contribution in [2.24, 2.45) is 63.6 Å². The molecule has 0 aliphatic heterocycles. The zero-order chi connectivity index (χ0) is 15.7. The van der Waals surface area contributed by atoms with Crippen LogP contribution in [-0.4, -0.2) is 0 Å². The van der Waals surface area contributed by atoms with Gasteiger partial charge < -0.3 is 0 Å².